The summed E-state index contributed by atoms with van der Waals surface area (Å²) in [4.78, 5) is 23.7. The second-order valence-corrected chi connectivity index (χ2v) is 5.48. The van der Waals surface area contributed by atoms with Crippen molar-refractivity contribution in [2.45, 2.75) is 25.3 Å². The summed E-state index contributed by atoms with van der Waals surface area (Å²) in [5.74, 6) is -1.48. The third-order valence-corrected chi connectivity index (χ3v) is 4.18. The first-order valence-electron chi connectivity index (χ1n) is 7.18. The smallest absolute Gasteiger partial charge is 0.308 e. The molecule has 0 heterocycles. The number of hydrogen-bond donors (Lipinski definition) is 2. The van der Waals surface area contributed by atoms with Gasteiger partial charge in [-0.3, -0.25) is 9.59 Å². The van der Waals surface area contributed by atoms with Gasteiger partial charge in [0.25, 0.3) is 5.91 Å². The van der Waals surface area contributed by atoms with Gasteiger partial charge in [0.2, 0.25) is 0 Å². The molecule has 1 aliphatic rings. The van der Waals surface area contributed by atoms with Crippen LogP contribution in [0.15, 0.2) is 42.5 Å². The third-order valence-electron chi connectivity index (χ3n) is 4.18. The summed E-state index contributed by atoms with van der Waals surface area (Å²) >= 11 is 0. The van der Waals surface area contributed by atoms with E-state index in [1.807, 2.05) is 36.4 Å². The van der Waals surface area contributed by atoms with E-state index in [0.717, 1.165) is 23.6 Å². The lowest BCUT2D eigenvalue weighted by Crippen LogP contribution is -2.40. The zero-order valence-electron chi connectivity index (χ0n) is 11.6. The van der Waals surface area contributed by atoms with Crippen LogP contribution in [0, 0.1) is 5.92 Å². The number of carbonyl (C=O) groups excluding carboxylic acids is 1. The molecule has 3 rings (SSSR count). The quantitative estimate of drug-likeness (QED) is 0.910. The summed E-state index contributed by atoms with van der Waals surface area (Å²) in [6, 6.07) is 13.0. The van der Waals surface area contributed by atoms with Gasteiger partial charge < -0.3 is 10.4 Å². The lowest BCUT2D eigenvalue weighted by molar-refractivity contribution is -0.142. The van der Waals surface area contributed by atoms with Gasteiger partial charge in [-0.1, -0.05) is 42.8 Å². The van der Waals surface area contributed by atoms with E-state index >= 15 is 0 Å². The van der Waals surface area contributed by atoms with E-state index in [1.165, 1.54) is 0 Å². The fourth-order valence-corrected chi connectivity index (χ4v) is 3.10. The van der Waals surface area contributed by atoms with E-state index in [4.69, 9.17) is 0 Å². The van der Waals surface area contributed by atoms with Crippen molar-refractivity contribution in [2.75, 3.05) is 0 Å². The summed E-state index contributed by atoms with van der Waals surface area (Å²) in [7, 11) is 0. The van der Waals surface area contributed by atoms with E-state index < -0.39 is 11.9 Å². The molecule has 2 aromatic rings. The van der Waals surface area contributed by atoms with Gasteiger partial charge in [-0.25, -0.2) is 0 Å². The summed E-state index contributed by atoms with van der Waals surface area (Å²) in [5, 5.41) is 14.0. The van der Waals surface area contributed by atoms with Crippen LogP contribution in [0.3, 0.4) is 0 Å². The molecule has 0 bridgehead atoms. The topological polar surface area (TPSA) is 66.4 Å². The molecule has 1 aliphatic carbocycles. The first kappa shape index (κ1) is 13.6. The van der Waals surface area contributed by atoms with Gasteiger partial charge in [0, 0.05) is 11.6 Å². The van der Waals surface area contributed by atoms with E-state index in [-0.39, 0.29) is 11.9 Å². The highest BCUT2D eigenvalue weighted by atomic mass is 16.4. The van der Waals surface area contributed by atoms with Crippen molar-refractivity contribution in [3.63, 3.8) is 0 Å². The van der Waals surface area contributed by atoms with Crippen LogP contribution in [-0.2, 0) is 4.79 Å². The standard InChI is InChI=1S/C17H17NO3/c19-16(18-15-10-4-9-14(15)17(20)21)13-8-3-6-11-5-1-2-7-12(11)13/h1-3,5-8,14-15H,4,9-10H2,(H,18,19)(H,20,21). The summed E-state index contributed by atoms with van der Waals surface area (Å²) < 4.78 is 0. The van der Waals surface area contributed by atoms with Crippen molar-refractivity contribution in [3.05, 3.63) is 48.0 Å². The van der Waals surface area contributed by atoms with Crippen molar-refractivity contribution in [1.29, 1.82) is 0 Å². The predicted molar refractivity (Wildman–Crippen MR) is 80.2 cm³/mol. The maximum atomic E-state index is 12.5. The van der Waals surface area contributed by atoms with E-state index in [0.29, 0.717) is 12.0 Å². The van der Waals surface area contributed by atoms with E-state index in [2.05, 4.69) is 5.32 Å². The lowest BCUT2D eigenvalue weighted by Gasteiger charge is -2.18. The highest BCUT2D eigenvalue weighted by Gasteiger charge is 2.34. The molecule has 1 saturated carbocycles. The zero-order valence-corrected chi connectivity index (χ0v) is 11.6. The average molecular weight is 283 g/mol. The SMILES string of the molecule is O=C(NC1CCCC1C(=O)O)c1cccc2ccccc12. The molecule has 4 heteroatoms. The van der Waals surface area contributed by atoms with Crippen LogP contribution in [0.2, 0.25) is 0 Å². The van der Waals surface area contributed by atoms with Gasteiger partial charge in [-0.05, 0) is 29.7 Å². The molecular formula is C17H17NO3. The molecule has 4 nitrogen and oxygen atoms in total. The fraction of sp³-hybridized carbons (Fsp3) is 0.294. The summed E-state index contributed by atoms with van der Waals surface area (Å²) in [5.41, 5.74) is 0.601. The molecule has 0 saturated heterocycles. The number of nitrogens with one attached hydrogen (secondary N) is 1. The van der Waals surface area contributed by atoms with Gasteiger partial charge in [-0.2, -0.15) is 0 Å². The number of hydrogen-bond acceptors (Lipinski definition) is 2. The zero-order chi connectivity index (χ0) is 14.8. The van der Waals surface area contributed by atoms with Gasteiger partial charge in [0.05, 0.1) is 5.92 Å². The number of rotatable bonds is 3. The molecule has 2 atom stereocenters. The second kappa shape index (κ2) is 5.56. The normalized spacial score (nSPS) is 21.3. The number of amides is 1. The first-order chi connectivity index (χ1) is 10.2. The predicted octanol–water partition coefficient (Wildman–Crippen LogP) is 2.82. The molecule has 1 amide bonds. The fourth-order valence-electron chi connectivity index (χ4n) is 3.10. The molecule has 1 fully saturated rings. The Balaban J connectivity index is 1.86. The molecule has 2 unspecified atom stereocenters. The van der Waals surface area contributed by atoms with Gasteiger partial charge in [0.15, 0.2) is 0 Å². The van der Waals surface area contributed by atoms with Crippen LogP contribution < -0.4 is 5.32 Å². The Morgan fingerprint density at radius 1 is 1.05 bits per heavy atom. The van der Waals surface area contributed by atoms with Crippen LogP contribution in [-0.4, -0.2) is 23.0 Å². The lowest BCUT2D eigenvalue weighted by atomic mass is 10.0. The molecule has 0 aromatic heterocycles. The molecule has 0 spiro atoms. The monoisotopic (exact) mass is 283 g/mol. The highest BCUT2D eigenvalue weighted by Crippen LogP contribution is 2.27. The first-order valence-corrected chi connectivity index (χ1v) is 7.18. The number of carbonyl (C=O) groups is 2. The summed E-state index contributed by atoms with van der Waals surface area (Å²) in [6.45, 7) is 0. The third kappa shape index (κ3) is 2.61. The Morgan fingerprint density at radius 2 is 1.81 bits per heavy atom. The Labute approximate surface area is 122 Å². The van der Waals surface area contributed by atoms with Crippen LogP contribution >= 0.6 is 0 Å². The minimum Gasteiger partial charge on any atom is -0.481 e. The Bertz CT molecular complexity index is 690. The van der Waals surface area contributed by atoms with Crippen LogP contribution in [0.4, 0.5) is 0 Å². The Morgan fingerprint density at radius 3 is 2.62 bits per heavy atom. The molecule has 21 heavy (non-hydrogen) atoms. The molecule has 108 valence electrons. The van der Waals surface area contributed by atoms with Crippen molar-refractivity contribution in [3.8, 4) is 0 Å². The molecule has 2 N–H and O–H groups in total. The number of carboxylic acids is 1. The minimum atomic E-state index is -0.823. The van der Waals surface area contributed by atoms with Crippen molar-refractivity contribution in [2.24, 2.45) is 5.92 Å². The van der Waals surface area contributed by atoms with Crippen molar-refractivity contribution < 1.29 is 14.7 Å². The Hall–Kier alpha value is -2.36. The number of fused-ring (bicyclic) bond motifs is 1. The minimum absolute atomic E-state index is 0.190. The molecular weight excluding hydrogens is 266 g/mol. The van der Waals surface area contributed by atoms with E-state index in [9.17, 15) is 14.7 Å². The highest BCUT2D eigenvalue weighted by molar-refractivity contribution is 6.07. The van der Waals surface area contributed by atoms with Crippen LogP contribution in [0.1, 0.15) is 29.6 Å². The maximum absolute atomic E-state index is 12.5. The summed E-state index contributed by atoms with van der Waals surface area (Å²) in [6.07, 6.45) is 2.21. The Kier molecular flexibility index (Phi) is 3.60. The van der Waals surface area contributed by atoms with Crippen molar-refractivity contribution >= 4 is 22.6 Å². The second-order valence-electron chi connectivity index (χ2n) is 5.48. The number of benzene rings is 2. The molecule has 2 aromatic carbocycles. The maximum Gasteiger partial charge on any atom is 0.308 e. The van der Waals surface area contributed by atoms with Crippen LogP contribution in [0.5, 0.6) is 0 Å². The largest absolute Gasteiger partial charge is 0.481 e. The van der Waals surface area contributed by atoms with Crippen LogP contribution in [0.25, 0.3) is 10.8 Å². The van der Waals surface area contributed by atoms with E-state index in [1.54, 1.807) is 6.07 Å². The average Bonchev–Trinajstić information content (AvgIpc) is 2.95. The van der Waals surface area contributed by atoms with Gasteiger partial charge in [-0.15, -0.1) is 0 Å². The number of aliphatic carboxylic acids is 1. The van der Waals surface area contributed by atoms with Gasteiger partial charge in [0.1, 0.15) is 0 Å². The van der Waals surface area contributed by atoms with Gasteiger partial charge >= 0.3 is 5.97 Å². The molecule has 0 aliphatic heterocycles. The van der Waals surface area contributed by atoms with Crippen molar-refractivity contribution in [1.82, 2.24) is 5.32 Å². The number of carboxylic acid groups (broad SMARTS) is 1. The molecule has 0 radical (unpaired) electrons.